The maximum Gasteiger partial charge on any atom is 0.302 e. The number of hydrogen-bond donors (Lipinski definition) is 0. The van der Waals surface area contributed by atoms with Crippen LogP contribution in [0.1, 0.15) is 18.1 Å². The smallest absolute Gasteiger partial charge is 0.302 e. The van der Waals surface area contributed by atoms with E-state index in [2.05, 4.69) is 15.0 Å². The number of carbonyl (C=O) groups excluding carboxylic acids is 1. The van der Waals surface area contributed by atoms with Gasteiger partial charge in [0, 0.05) is 18.6 Å². The maximum absolute atomic E-state index is 10.9. The quantitative estimate of drug-likeness (QED) is 0.340. The number of nitrogens with zero attached hydrogens (tertiary/aromatic N) is 4. The van der Waals surface area contributed by atoms with Crippen molar-refractivity contribution in [1.29, 1.82) is 0 Å². The van der Waals surface area contributed by atoms with Crippen LogP contribution in [-0.2, 0) is 9.53 Å². The highest BCUT2D eigenvalue weighted by Crippen LogP contribution is 2.35. The SMILES string of the molecule is COc1cnc2c(-c3nc4c(C)cc(OCCOC(C)=O)nc4s3)cc(C)cc2n1. The number of ether oxygens (including phenoxy) is 3. The van der Waals surface area contributed by atoms with Gasteiger partial charge in [-0.25, -0.2) is 19.9 Å². The average Bonchev–Trinajstić information content (AvgIpc) is 3.14. The van der Waals surface area contributed by atoms with E-state index in [9.17, 15) is 4.79 Å². The summed E-state index contributed by atoms with van der Waals surface area (Å²) in [5, 5.41) is 0.811. The zero-order valence-electron chi connectivity index (χ0n) is 17.1. The first-order valence-corrected chi connectivity index (χ1v) is 10.1. The van der Waals surface area contributed by atoms with Crippen molar-refractivity contribution in [2.24, 2.45) is 0 Å². The van der Waals surface area contributed by atoms with Crippen LogP contribution < -0.4 is 9.47 Å². The Balaban J connectivity index is 1.72. The Labute approximate surface area is 176 Å². The fourth-order valence-corrected chi connectivity index (χ4v) is 4.09. The van der Waals surface area contributed by atoms with Crippen molar-refractivity contribution in [1.82, 2.24) is 19.9 Å². The summed E-state index contributed by atoms with van der Waals surface area (Å²) in [5.74, 6) is 0.605. The number of aryl methyl sites for hydroxylation is 2. The molecule has 0 radical (unpaired) electrons. The largest absolute Gasteiger partial charge is 0.480 e. The monoisotopic (exact) mass is 424 g/mol. The molecule has 0 N–H and O–H groups in total. The molecule has 0 aliphatic rings. The maximum atomic E-state index is 10.9. The van der Waals surface area contributed by atoms with Gasteiger partial charge < -0.3 is 14.2 Å². The van der Waals surface area contributed by atoms with Crippen molar-refractivity contribution >= 4 is 38.7 Å². The second kappa shape index (κ2) is 8.19. The van der Waals surface area contributed by atoms with Gasteiger partial charge in [0.15, 0.2) is 0 Å². The highest BCUT2D eigenvalue weighted by Gasteiger charge is 2.16. The lowest BCUT2D eigenvalue weighted by molar-refractivity contribution is -0.141. The van der Waals surface area contributed by atoms with Crippen molar-refractivity contribution in [3.63, 3.8) is 0 Å². The van der Waals surface area contributed by atoms with Gasteiger partial charge in [0.1, 0.15) is 28.6 Å². The van der Waals surface area contributed by atoms with Crippen molar-refractivity contribution in [3.05, 3.63) is 35.5 Å². The molecule has 4 aromatic rings. The number of esters is 1. The number of hydrogen-bond acceptors (Lipinski definition) is 9. The van der Waals surface area contributed by atoms with E-state index in [0.29, 0.717) is 11.8 Å². The van der Waals surface area contributed by atoms with Crippen LogP contribution >= 0.6 is 11.3 Å². The zero-order chi connectivity index (χ0) is 21.3. The Morgan fingerprint density at radius 2 is 1.87 bits per heavy atom. The number of benzene rings is 1. The van der Waals surface area contributed by atoms with Crippen LogP contribution in [0.2, 0.25) is 0 Å². The third kappa shape index (κ3) is 4.02. The topological polar surface area (TPSA) is 96.3 Å². The van der Waals surface area contributed by atoms with Crippen LogP contribution in [0.25, 0.3) is 32.0 Å². The normalized spacial score (nSPS) is 11.1. The lowest BCUT2D eigenvalue weighted by Gasteiger charge is -2.06. The van der Waals surface area contributed by atoms with E-state index >= 15 is 0 Å². The fraction of sp³-hybridized carbons (Fsp3) is 0.286. The molecule has 8 nitrogen and oxygen atoms in total. The molecule has 9 heteroatoms. The predicted octanol–water partition coefficient (Wildman–Crippen LogP) is 3.87. The summed E-state index contributed by atoms with van der Waals surface area (Å²) in [6.07, 6.45) is 1.60. The predicted molar refractivity (Wildman–Crippen MR) is 114 cm³/mol. The first kappa shape index (κ1) is 20.0. The van der Waals surface area contributed by atoms with Crippen molar-refractivity contribution in [2.45, 2.75) is 20.8 Å². The third-order valence-corrected chi connectivity index (χ3v) is 5.36. The summed E-state index contributed by atoms with van der Waals surface area (Å²) in [5.41, 5.74) is 5.24. The molecule has 0 atom stereocenters. The Morgan fingerprint density at radius 1 is 1.03 bits per heavy atom. The van der Waals surface area contributed by atoms with Gasteiger partial charge in [-0.15, -0.1) is 0 Å². The summed E-state index contributed by atoms with van der Waals surface area (Å²) >= 11 is 1.47. The number of fused-ring (bicyclic) bond motifs is 2. The van der Waals surface area contributed by atoms with Gasteiger partial charge in [0.25, 0.3) is 0 Å². The molecule has 0 aliphatic heterocycles. The summed E-state index contributed by atoms with van der Waals surface area (Å²) in [4.78, 5) is 30.0. The van der Waals surface area contributed by atoms with Crippen molar-refractivity contribution in [3.8, 4) is 22.3 Å². The Bertz CT molecular complexity index is 1250. The number of rotatable bonds is 6. The van der Waals surface area contributed by atoms with Crippen LogP contribution in [0.15, 0.2) is 24.4 Å². The molecule has 154 valence electrons. The molecule has 0 spiro atoms. The number of thiazole rings is 1. The highest BCUT2D eigenvalue weighted by atomic mass is 32.1. The molecule has 30 heavy (non-hydrogen) atoms. The molecular formula is C21H20N4O4S. The lowest BCUT2D eigenvalue weighted by atomic mass is 10.1. The van der Waals surface area contributed by atoms with E-state index < -0.39 is 0 Å². The minimum absolute atomic E-state index is 0.180. The van der Waals surface area contributed by atoms with Crippen LogP contribution in [-0.4, -0.2) is 46.2 Å². The molecule has 3 heterocycles. The Kier molecular flexibility index (Phi) is 5.45. The molecule has 0 saturated heterocycles. The molecule has 0 fully saturated rings. The van der Waals surface area contributed by atoms with E-state index in [1.165, 1.54) is 18.3 Å². The van der Waals surface area contributed by atoms with Gasteiger partial charge >= 0.3 is 5.97 Å². The average molecular weight is 424 g/mol. The van der Waals surface area contributed by atoms with Gasteiger partial charge in [-0.05, 0) is 37.1 Å². The van der Waals surface area contributed by atoms with Gasteiger partial charge in [-0.3, -0.25) is 4.79 Å². The summed E-state index contributed by atoms with van der Waals surface area (Å²) in [7, 11) is 1.57. The molecule has 0 bridgehead atoms. The molecule has 0 unspecified atom stereocenters. The second-order valence-electron chi connectivity index (χ2n) is 6.73. The first-order valence-electron chi connectivity index (χ1n) is 9.30. The summed E-state index contributed by atoms with van der Waals surface area (Å²) in [6.45, 7) is 5.76. The molecule has 4 rings (SSSR count). The Morgan fingerprint density at radius 3 is 2.63 bits per heavy atom. The number of pyridine rings is 1. The third-order valence-electron chi connectivity index (χ3n) is 4.38. The van der Waals surface area contributed by atoms with Gasteiger partial charge in [-0.1, -0.05) is 11.3 Å². The van der Waals surface area contributed by atoms with Crippen molar-refractivity contribution < 1.29 is 19.0 Å². The minimum atomic E-state index is -0.337. The molecule has 1 aromatic carbocycles. The minimum Gasteiger partial charge on any atom is -0.480 e. The van der Waals surface area contributed by atoms with E-state index in [4.69, 9.17) is 19.2 Å². The van der Waals surface area contributed by atoms with Crippen LogP contribution in [0, 0.1) is 13.8 Å². The summed E-state index contributed by atoms with van der Waals surface area (Å²) < 4.78 is 15.7. The first-order chi connectivity index (χ1) is 14.4. The van der Waals surface area contributed by atoms with Gasteiger partial charge in [0.05, 0.1) is 24.3 Å². The lowest BCUT2D eigenvalue weighted by Crippen LogP contribution is -2.10. The van der Waals surface area contributed by atoms with E-state index in [0.717, 1.165) is 43.1 Å². The number of methoxy groups -OCH3 is 1. The van der Waals surface area contributed by atoms with Gasteiger partial charge in [-0.2, -0.15) is 0 Å². The van der Waals surface area contributed by atoms with Gasteiger partial charge in [0.2, 0.25) is 11.8 Å². The Hall–Kier alpha value is -3.33. The van der Waals surface area contributed by atoms with Crippen LogP contribution in [0.3, 0.4) is 0 Å². The molecule has 0 amide bonds. The highest BCUT2D eigenvalue weighted by molar-refractivity contribution is 7.21. The van der Waals surface area contributed by atoms with E-state index in [1.807, 2.05) is 32.0 Å². The van der Waals surface area contributed by atoms with E-state index in [1.54, 1.807) is 13.3 Å². The number of carbonyl (C=O) groups is 1. The zero-order valence-corrected chi connectivity index (χ0v) is 17.9. The fourth-order valence-electron chi connectivity index (χ4n) is 3.06. The molecule has 0 saturated carbocycles. The molecule has 3 aromatic heterocycles. The van der Waals surface area contributed by atoms with Crippen molar-refractivity contribution in [2.75, 3.05) is 20.3 Å². The van der Waals surface area contributed by atoms with Crippen LogP contribution in [0.5, 0.6) is 11.8 Å². The standard InChI is InChI=1S/C21H20N4O4S/c1-11-7-14(19-15(8-11)23-17(27-4)10-22-19)20-25-18-12(2)9-16(24-21(18)30-20)29-6-5-28-13(3)26/h7-10H,5-6H2,1-4H3. The second-order valence-corrected chi connectivity index (χ2v) is 7.71. The molecule has 0 aliphatic carbocycles. The number of aromatic nitrogens is 4. The molecular weight excluding hydrogens is 404 g/mol. The van der Waals surface area contributed by atoms with E-state index in [-0.39, 0.29) is 19.2 Å². The van der Waals surface area contributed by atoms with Crippen LogP contribution in [0.4, 0.5) is 0 Å². The summed E-state index contributed by atoms with van der Waals surface area (Å²) in [6, 6.07) is 5.85.